The highest BCUT2D eigenvalue weighted by Gasteiger charge is 2.12. The van der Waals surface area contributed by atoms with E-state index in [-0.39, 0.29) is 17.3 Å². The van der Waals surface area contributed by atoms with E-state index in [1.807, 2.05) is 24.3 Å². The molecular formula is C21H16N4O5S. The second-order valence-electron chi connectivity index (χ2n) is 6.49. The van der Waals surface area contributed by atoms with Crippen LogP contribution in [0.2, 0.25) is 0 Å². The van der Waals surface area contributed by atoms with Crippen molar-refractivity contribution in [2.24, 2.45) is 5.10 Å². The minimum atomic E-state index is -0.442. The average molecular weight is 436 g/mol. The SMILES string of the molecule is Cc1cc([N+](=O)[O-])ccc1-c1ccc(/C=N\NC(=O)CSc2nc3ccccc3o2)o1. The lowest BCUT2D eigenvalue weighted by atomic mass is 10.1. The number of aromatic nitrogens is 1. The predicted octanol–water partition coefficient (Wildman–Crippen LogP) is 4.55. The Morgan fingerprint density at radius 1 is 1.23 bits per heavy atom. The first-order valence-electron chi connectivity index (χ1n) is 9.15. The van der Waals surface area contributed by atoms with Crippen molar-refractivity contribution in [3.05, 3.63) is 76.0 Å². The summed E-state index contributed by atoms with van der Waals surface area (Å²) in [5, 5.41) is 15.2. The number of thioether (sulfide) groups is 1. The summed E-state index contributed by atoms with van der Waals surface area (Å²) in [7, 11) is 0. The molecule has 0 unspecified atom stereocenters. The number of para-hydroxylation sites is 2. The third kappa shape index (κ3) is 4.81. The second kappa shape index (κ2) is 8.84. The van der Waals surface area contributed by atoms with Gasteiger partial charge in [0, 0.05) is 17.7 Å². The number of nitro benzene ring substituents is 1. The Bertz CT molecular complexity index is 1260. The Balaban J connectivity index is 1.32. The van der Waals surface area contributed by atoms with Gasteiger partial charge < -0.3 is 8.83 Å². The monoisotopic (exact) mass is 436 g/mol. The van der Waals surface area contributed by atoms with E-state index in [9.17, 15) is 14.9 Å². The third-order valence-electron chi connectivity index (χ3n) is 4.30. The minimum absolute atomic E-state index is 0.0213. The number of carbonyl (C=O) groups is 1. The molecular weight excluding hydrogens is 420 g/mol. The normalized spacial score (nSPS) is 11.3. The zero-order chi connectivity index (χ0) is 21.8. The van der Waals surface area contributed by atoms with Gasteiger partial charge in [0.15, 0.2) is 5.58 Å². The molecule has 4 aromatic rings. The van der Waals surface area contributed by atoms with Crippen LogP contribution in [-0.4, -0.2) is 27.8 Å². The molecule has 2 aromatic heterocycles. The van der Waals surface area contributed by atoms with E-state index in [0.29, 0.717) is 22.3 Å². The summed E-state index contributed by atoms with van der Waals surface area (Å²) in [5.41, 5.74) is 5.30. The molecule has 0 aliphatic rings. The average Bonchev–Trinajstić information content (AvgIpc) is 3.38. The van der Waals surface area contributed by atoms with Crippen molar-refractivity contribution in [1.82, 2.24) is 10.4 Å². The zero-order valence-electron chi connectivity index (χ0n) is 16.3. The number of carbonyl (C=O) groups excluding carboxylic acids is 1. The molecule has 156 valence electrons. The fourth-order valence-electron chi connectivity index (χ4n) is 2.85. The number of nitrogens with zero attached hydrogens (tertiary/aromatic N) is 3. The molecule has 2 aromatic carbocycles. The first-order valence-corrected chi connectivity index (χ1v) is 10.1. The molecule has 9 nitrogen and oxygen atoms in total. The Morgan fingerprint density at radius 2 is 2.06 bits per heavy atom. The van der Waals surface area contributed by atoms with Crippen molar-refractivity contribution in [3.63, 3.8) is 0 Å². The molecule has 0 bridgehead atoms. The van der Waals surface area contributed by atoms with E-state index >= 15 is 0 Å². The van der Waals surface area contributed by atoms with Gasteiger partial charge in [-0.05, 0) is 42.8 Å². The van der Waals surface area contributed by atoms with Crippen molar-refractivity contribution in [3.8, 4) is 11.3 Å². The van der Waals surface area contributed by atoms with Crippen LogP contribution in [0.15, 0.2) is 73.8 Å². The van der Waals surface area contributed by atoms with E-state index in [1.54, 1.807) is 25.1 Å². The number of nitro groups is 1. The number of hydrazone groups is 1. The molecule has 10 heteroatoms. The number of aryl methyl sites for hydroxylation is 1. The quantitative estimate of drug-likeness (QED) is 0.195. The van der Waals surface area contributed by atoms with Crippen LogP contribution in [0.4, 0.5) is 5.69 Å². The lowest BCUT2D eigenvalue weighted by Crippen LogP contribution is -2.19. The van der Waals surface area contributed by atoms with E-state index in [0.717, 1.165) is 16.6 Å². The topological polar surface area (TPSA) is 124 Å². The maximum absolute atomic E-state index is 12.0. The number of furan rings is 1. The van der Waals surface area contributed by atoms with Crippen LogP contribution in [0.1, 0.15) is 11.3 Å². The maximum atomic E-state index is 12.0. The van der Waals surface area contributed by atoms with Gasteiger partial charge in [-0.25, -0.2) is 10.4 Å². The summed E-state index contributed by atoms with van der Waals surface area (Å²) in [6.07, 6.45) is 1.38. The Labute approximate surface area is 180 Å². The first-order chi connectivity index (χ1) is 15.0. The standard InChI is InChI=1S/C21H16N4O5S/c1-13-10-14(25(27)28)6-8-16(13)18-9-7-15(29-18)11-22-24-20(26)12-31-21-23-17-4-2-3-5-19(17)30-21/h2-11H,12H2,1H3,(H,24,26)/b22-11-. The lowest BCUT2D eigenvalue weighted by Gasteiger charge is -2.02. The molecule has 1 N–H and O–H groups in total. The van der Waals surface area contributed by atoms with Gasteiger partial charge in [0.1, 0.15) is 17.0 Å². The van der Waals surface area contributed by atoms with Crippen LogP contribution in [0.25, 0.3) is 22.4 Å². The molecule has 0 saturated carbocycles. The lowest BCUT2D eigenvalue weighted by molar-refractivity contribution is -0.384. The molecule has 2 heterocycles. The summed E-state index contributed by atoms with van der Waals surface area (Å²) in [4.78, 5) is 26.7. The predicted molar refractivity (Wildman–Crippen MR) is 116 cm³/mol. The molecule has 4 rings (SSSR count). The van der Waals surface area contributed by atoms with Crippen molar-refractivity contribution in [1.29, 1.82) is 0 Å². The highest BCUT2D eigenvalue weighted by atomic mass is 32.2. The van der Waals surface area contributed by atoms with Gasteiger partial charge in [-0.15, -0.1) is 0 Å². The highest BCUT2D eigenvalue weighted by molar-refractivity contribution is 7.99. The Hall–Kier alpha value is -3.92. The molecule has 0 atom stereocenters. The zero-order valence-corrected chi connectivity index (χ0v) is 17.1. The van der Waals surface area contributed by atoms with E-state index < -0.39 is 4.92 Å². The molecule has 31 heavy (non-hydrogen) atoms. The summed E-state index contributed by atoms with van der Waals surface area (Å²) >= 11 is 1.17. The van der Waals surface area contributed by atoms with Crippen molar-refractivity contribution in [2.75, 3.05) is 5.75 Å². The number of oxazole rings is 1. The van der Waals surface area contributed by atoms with Crippen LogP contribution in [0, 0.1) is 17.0 Å². The van der Waals surface area contributed by atoms with Gasteiger partial charge in [0.05, 0.1) is 16.9 Å². The van der Waals surface area contributed by atoms with Gasteiger partial charge in [0.25, 0.3) is 16.8 Å². The summed E-state index contributed by atoms with van der Waals surface area (Å²) in [6.45, 7) is 1.77. The largest absolute Gasteiger partial charge is 0.455 e. The smallest absolute Gasteiger partial charge is 0.269 e. The van der Waals surface area contributed by atoms with E-state index in [2.05, 4.69) is 15.5 Å². The Morgan fingerprint density at radius 3 is 2.84 bits per heavy atom. The third-order valence-corrected chi connectivity index (χ3v) is 5.12. The van der Waals surface area contributed by atoms with Gasteiger partial charge in [-0.3, -0.25) is 14.9 Å². The van der Waals surface area contributed by atoms with Crippen LogP contribution in [0.5, 0.6) is 0 Å². The molecule has 0 spiro atoms. The molecule has 0 aliphatic heterocycles. The van der Waals surface area contributed by atoms with Gasteiger partial charge in [-0.1, -0.05) is 23.9 Å². The number of fused-ring (bicyclic) bond motifs is 1. The second-order valence-corrected chi connectivity index (χ2v) is 7.41. The minimum Gasteiger partial charge on any atom is -0.455 e. The summed E-state index contributed by atoms with van der Waals surface area (Å²) in [5.74, 6) is 0.753. The number of amides is 1. The van der Waals surface area contributed by atoms with Gasteiger partial charge in [-0.2, -0.15) is 5.10 Å². The molecule has 0 saturated heterocycles. The van der Waals surface area contributed by atoms with Crippen LogP contribution >= 0.6 is 11.8 Å². The van der Waals surface area contributed by atoms with Gasteiger partial charge >= 0.3 is 0 Å². The van der Waals surface area contributed by atoms with Crippen molar-refractivity contribution >= 4 is 40.7 Å². The number of hydrogen-bond donors (Lipinski definition) is 1. The maximum Gasteiger partial charge on any atom is 0.269 e. The first kappa shape index (κ1) is 20.4. The van der Waals surface area contributed by atoms with Crippen LogP contribution in [0.3, 0.4) is 0 Å². The van der Waals surface area contributed by atoms with Crippen molar-refractivity contribution < 1.29 is 18.6 Å². The fraction of sp³-hybridized carbons (Fsp3) is 0.0952. The Kier molecular flexibility index (Phi) is 5.80. The van der Waals surface area contributed by atoms with E-state index in [1.165, 1.54) is 30.1 Å². The number of non-ortho nitro benzene ring substituents is 1. The molecule has 0 fully saturated rings. The number of hydrogen-bond acceptors (Lipinski definition) is 8. The summed E-state index contributed by atoms with van der Waals surface area (Å²) in [6, 6.07) is 15.3. The highest BCUT2D eigenvalue weighted by Crippen LogP contribution is 2.28. The van der Waals surface area contributed by atoms with Gasteiger partial charge in [0.2, 0.25) is 0 Å². The number of benzene rings is 2. The number of rotatable bonds is 7. The van der Waals surface area contributed by atoms with Crippen LogP contribution < -0.4 is 5.43 Å². The van der Waals surface area contributed by atoms with Crippen LogP contribution in [-0.2, 0) is 4.79 Å². The van der Waals surface area contributed by atoms with Crippen molar-refractivity contribution in [2.45, 2.75) is 12.1 Å². The molecule has 0 radical (unpaired) electrons. The van der Waals surface area contributed by atoms with E-state index in [4.69, 9.17) is 8.83 Å². The molecule has 1 amide bonds. The molecule has 0 aliphatic carbocycles. The number of nitrogens with one attached hydrogen (secondary N) is 1. The fourth-order valence-corrected chi connectivity index (χ4v) is 3.48. The summed E-state index contributed by atoms with van der Waals surface area (Å²) < 4.78 is 11.2.